The molecule has 11 nitrogen and oxygen atoms in total. The molecule has 0 aliphatic rings. The number of hydrogen-bond donors (Lipinski definition) is 1. The Kier molecular flexibility index (Phi) is 4.52. The molecule has 0 radical (unpaired) electrons. The highest BCUT2D eigenvalue weighted by Crippen LogP contribution is 2.16. The van der Waals surface area contributed by atoms with Crippen molar-refractivity contribution in [3.05, 3.63) is 28.1 Å². The molecule has 0 saturated heterocycles. The number of rotatable bonds is 2. The lowest BCUT2D eigenvalue weighted by Crippen LogP contribution is -2.54. The summed E-state index contributed by atoms with van der Waals surface area (Å²) in [4.78, 5) is 23.4. The number of nitrogens with zero attached hydrogens (tertiary/aromatic N) is 4. The highest BCUT2D eigenvalue weighted by atomic mass is 32.2. The zero-order valence-electron chi connectivity index (χ0n) is 10.4. The maximum Gasteiger partial charge on any atom is 0.577 e. The van der Waals surface area contributed by atoms with E-state index in [1.54, 1.807) is 0 Å². The Labute approximate surface area is 118 Å². The molecule has 0 spiro atoms. The van der Waals surface area contributed by atoms with Crippen LogP contribution in [0.4, 0.5) is 18.0 Å². The largest absolute Gasteiger partial charge is 0.577 e. The standard InChI is InChI=1S/C7H5F3N4O7S/c1-12-2-4(22(18,19)20)3-13(14(16)17)5(12)11-6(15)21-7(8,9)10/h2-3H,1H3/p+1. The van der Waals surface area contributed by atoms with E-state index < -0.39 is 38.1 Å². The zero-order chi connectivity index (χ0) is 17.3. The summed E-state index contributed by atoms with van der Waals surface area (Å²) in [6.07, 6.45) is -6.73. The molecule has 1 rings (SSSR count). The number of hydrogen-bond acceptors (Lipinski definition) is 6. The molecule has 1 amide bonds. The van der Waals surface area contributed by atoms with Gasteiger partial charge in [0.25, 0.3) is 0 Å². The second kappa shape index (κ2) is 5.68. The summed E-state index contributed by atoms with van der Waals surface area (Å²) in [5.74, 6) is 0. The Hall–Kier alpha value is -2.55. The topological polar surface area (TPSA) is 145 Å². The average Bonchev–Trinajstić information content (AvgIpc) is 2.27. The maximum atomic E-state index is 11.8. The smallest absolute Gasteiger partial charge is 0.341 e. The van der Waals surface area contributed by atoms with Crippen LogP contribution in [-0.4, -0.2) is 35.1 Å². The Balaban J connectivity index is 3.55. The van der Waals surface area contributed by atoms with Gasteiger partial charge in [0.05, 0.1) is 17.9 Å². The van der Waals surface area contributed by atoms with Crippen LogP contribution < -0.4 is 10.2 Å². The third-order valence-electron chi connectivity index (χ3n) is 1.96. The fraction of sp³-hybridized carbons (Fsp3) is 0.286. The molecule has 0 fully saturated rings. The number of aryl methyl sites for hydroxylation is 1. The molecule has 0 bridgehead atoms. The minimum Gasteiger partial charge on any atom is -0.341 e. The Morgan fingerprint density at radius 2 is 2.09 bits per heavy atom. The summed E-state index contributed by atoms with van der Waals surface area (Å²) in [6, 6.07) is 0. The van der Waals surface area contributed by atoms with Gasteiger partial charge >= 0.3 is 28.2 Å². The van der Waals surface area contributed by atoms with Crippen LogP contribution in [0.5, 0.6) is 0 Å². The van der Waals surface area contributed by atoms with E-state index in [4.69, 9.17) is 4.55 Å². The molecule has 1 heterocycles. The molecular weight excluding hydrogens is 341 g/mol. The summed E-state index contributed by atoms with van der Waals surface area (Å²) in [5.41, 5.74) is -0.994. The lowest BCUT2D eigenvalue weighted by atomic mass is 10.6. The molecule has 22 heavy (non-hydrogen) atoms. The van der Waals surface area contributed by atoms with Gasteiger partial charge in [-0.2, -0.15) is 8.42 Å². The summed E-state index contributed by atoms with van der Waals surface area (Å²) >= 11 is 0. The van der Waals surface area contributed by atoms with E-state index in [1.807, 2.05) is 0 Å². The average molecular weight is 347 g/mol. The van der Waals surface area contributed by atoms with Crippen molar-refractivity contribution in [2.24, 2.45) is 12.0 Å². The first-order chi connectivity index (χ1) is 9.81. The molecule has 0 atom stereocenters. The highest BCUT2D eigenvalue weighted by molar-refractivity contribution is 7.85. The molecule has 1 N–H and O–H groups in total. The minimum absolute atomic E-state index is 0.180. The molecule has 0 aliphatic heterocycles. The van der Waals surface area contributed by atoms with Crippen molar-refractivity contribution in [1.29, 1.82) is 0 Å². The van der Waals surface area contributed by atoms with Crippen molar-refractivity contribution in [1.82, 2.24) is 4.68 Å². The fourth-order valence-electron chi connectivity index (χ4n) is 1.21. The molecule has 15 heteroatoms. The monoisotopic (exact) mass is 347 g/mol. The maximum absolute atomic E-state index is 11.8. The van der Waals surface area contributed by atoms with E-state index >= 15 is 0 Å². The van der Waals surface area contributed by atoms with Crippen molar-refractivity contribution < 1.29 is 45.3 Å². The van der Waals surface area contributed by atoms with Gasteiger partial charge in [-0.25, -0.2) is 19.5 Å². The molecule has 0 aromatic carbocycles. The van der Waals surface area contributed by atoms with Crippen molar-refractivity contribution in [3.8, 4) is 0 Å². The van der Waals surface area contributed by atoms with E-state index in [0.717, 1.165) is 7.05 Å². The minimum atomic E-state index is -5.35. The van der Waals surface area contributed by atoms with Crippen LogP contribution in [0.1, 0.15) is 0 Å². The second-order valence-corrected chi connectivity index (χ2v) is 4.98. The number of nitro groups is 1. The van der Waals surface area contributed by atoms with Crippen molar-refractivity contribution in [2.75, 3.05) is 0 Å². The number of amides is 1. The van der Waals surface area contributed by atoms with Gasteiger partial charge in [0.15, 0.2) is 11.1 Å². The second-order valence-electron chi connectivity index (χ2n) is 3.55. The van der Waals surface area contributed by atoms with E-state index in [2.05, 4.69) is 9.73 Å². The fourth-order valence-corrected chi connectivity index (χ4v) is 1.73. The highest BCUT2D eigenvalue weighted by Gasteiger charge is 2.36. The number of halogens is 3. The van der Waals surface area contributed by atoms with E-state index in [1.165, 1.54) is 0 Å². The van der Waals surface area contributed by atoms with Crippen LogP contribution in [0.15, 0.2) is 22.3 Å². The number of carbonyl (C=O) groups excluding carboxylic acids is 1. The molecule has 122 valence electrons. The third kappa shape index (κ3) is 4.48. The van der Waals surface area contributed by atoms with Crippen LogP contribution in [0.3, 0.4) is 0 Å². The number of ether oxygens (including phenoxy) is 1. The van der Waals surface area contributed by atoms with Crippen LogP contribution in [-0.2, 0) is 21.9 Å². The molecule has 0 aliphatic carbocycles. The van der Waals surface area contributed by atoms with Crippen molar-refractivity contribution in [2.45, 2.75) is 11.3 Å². The van der Waals surface area contributed by atoms with E-state index in [9.17, 15) is 36.5 Å². The molecule has 1 aromatic rings. The van der Waals surface area contributed by atoms with Gasteiger partial charge in [-0.05, 0) is 0 Å². The SMILES string of the molecule is C[n+]1cc(S(=O)(=O)O)cn([N+](=O)[O-])c1=NC(=O)OC(F)(F)F. The van der Waals surface area contributed by atoms with E-state index in [0.29, 0.717) is 10.8 Å². The quantitative estimate of drug-likeness (QED) is 0.317. The predicted octanol–water partition coefficient (Wildman–Crippen LogP) is -0.844. The Morgan fingerprint density at radius 3 is 2.50 bits per heavy atom. The van der Waals surface area contributed by atoms with Crippen LogP contribution in [0.2, 0.25) is 0 Å². The third-order valence-corrected chi connectivity index (χ3v) is 2.77. The molecule has 0 saturated carbocycles. The first-order valence-corrected chi connectivity index (χ1v) is 6.34. The van der Waals surface area contributed by atoms with E-state index in [-0.39, 0.29) is 10.9 Å². The summed E-state index contributed by atoms with van der Waals surface area (Å²) in [7, 11) is -3.90. The summed E-state index contributed by atoms with van der Waals surface area (Å²) in [6.45, 7) is 0. The predicted molar refractivity (Wildman–Crippen MR) is 55.9 cm³/mol. The Morgan fingerprint density at radius 1 is 1.55 bits per heavy atom. The first kappa shape index (κ1) is 17.5. The summed E-state index contributed by atoms with van der Waals surface area (Å²) < 4.78 is 69.4. The first-order valence-electron chi connectivity index (χ1n) is 4.90. The van der Waals surface area contributed by atoms with Gasteiger partial charge in [-0.3, -0.25) is 4.55 Å². The van der Waals surface area contributed by atoms with Crippen LogP contribution in [0.25, 0.3) is 0 Å². The van der Waals surface area contributed by atoms with Crippen molar-refractivity contribution in [3.63, 3.8) is 0 Å². The molecular formula is C7H6F3N4O7S+. The normalized spacial score (nSPS) is 13.0. The van der Waals surface area contributed by atoms with Crippen LogP contribution in [0, 0.1) is 10.1 Å². The van der Waals surface area contributed by atoms with Gasteiger partial charge in [0.1, 0.15) is 0 Å². The zero-order valence-corrected chi connectivity index (χ0v) is 11.2. The van der Waals surface area contributed by atoms with Gasteiger partial charge in [0, 0.05) is 4.99 Å². The molecule has 0 unspecified atom stereocenters. The summed E-state index contributed by atoms with van der Waals surface area (Å²) in [5, 5.41) is 9.48. The van der Waals surface area contributed by atoms with Crippen LogP contribution >= 0.6 is 0 Å². The van der Waals surface area contributed by atoms with Crippen molar-refractivity contribution >= 4 is 16.2 Å². The van der Waals surface area contributed by atoms with Gasteiger partial charge in [-0.1, -0.05) is 0 Å². The lowest BCUT2D eigenvalue weighted by Gasteiger charge is -2.01. The number of carbonyl (C=O) groups is 1. The lowest BCUT2D eigenvalue weighted by molar-refractivity contribution is -0.714. The van der Waals surface area contributed by atoms with Gasteiger partial charge in [0.2, 0.25) is 5.03 Å². The molecule has 1 aromatic heterocycles. The number of aromatic nitrogens is 2. The van der Waals surface area contributed by atoms with Gasteiger partial charge in [-0.15, -0.1) is 13.2 Å². The number of alkyl halides is 3. The Bertz CT molecular complexity index is 797. The van der Waals surface area contributed by atoms with Gasteiger partial charge < -0.3 is 4.74 Å².